The van der Waals surface area contributed by atoms with Gasteiger partial charge in [-0.15, -0.1) is 0 Å². The second-order valence-electron chi connectivity index (χ2n) is 10.6. The summed E-state index contributed by atoms with van der Waals surface area (Å²) in [4.78, 5) is 26.2. The Balaban J connectivity index is 1.59. The van der Waals surface area contributed by atoms with Crippen LogP contribution >= 0.6 is 0 Å². The summed E-state index contributed by atoms with van der Waals surface area (Å²) >= 11 is 0. The van der Waals surface area contributed by atoms with Crippen LogP contribution in [0.5, 0.6) is 0 Å². The summed E-state index contributed by atoms with van der Waals surface area (Å²) in [5.74, 6) is -0.765. The SMILES string of the molecule is C=C(C=NC(=NC)C(F)(F)F)N1CC2(CCC(c3ccccc3)(N(C)C)CC2)N(CC2CCC2)C1=O. The number of rotatable bonds is 6. The van der Waals surface area contributed by atoms with E-state index in [0.29, 0.717) is 19.0 Å². The van der Waals surface area contributed by atoms with Gasteiger partial charge in [-0.2, -0.15) is 13.2 Å². The van der Waals surface area contributed by atoms with E-state index in [2.05, 4.69) is 59.8 Å². The molecule has 0 N–H and O–H groups in total. The molecule has 0 unspecified atom stereocenters. The Hall–Kier alpha value is -2.68. The van der Waals surface area contributed by atoms with Gasteiger partial charge in [-0.3, -0.25) is 14.8 Å². The van der Waals surface area contributed by atoms with Crippen molar-refractivity contribution < 1.29 is 18.0 Å². The first-order valence-electron chi connectivity index (χ1n) is 12.6. The average molecular weight is 504 g/mol. The smallest absolute Gasteiger partial charge is 0.317 e. The largest absolute Gasteiger partial charge is 0.451 e. The number of amidine groups is 1. The molecular formula is C27H36F3N5O. The van der Waals surface area contributed by atoms with E-state index in [4.69, 9.17) is 0 Å². The molecule has 1 aliphatic heterocycles. The van der Waals surface area contributed by atoms with E-state index in [-0.39, 0.29) is 22.8 Å². The lowest BCUT2D eigenvalue weighted by molar-refractivity contribution is -0.0597. The lowest BCUT2D eigenvalue weighted by atomic mass is 9.68. The number of hydrogen-bond acceptors (Lipinski definition) is 3. The Morgan fingerprint density at radius 2 is 1.81 bits per heavy atom. The summed E-state index contributed by atoms with van der Waals surface area (Å²) in [6.07, 6.45) is 3.14. The maximum atomic E-state index is 13.6. The number of carbonyl (C=O) groups excluding carboxylic acids is 1. The van der Waals surface area contributed by atoms with Crippen molar-refractivity contribution in [2.24, 2.45) is 15.9 Å². The minimum Gasteiger partial charge on any atom is -0.317 e. The van der Waals surface area contributed by atoms with Crippen molar-refractivity contribution in [3.8, 4) is 0 Å². The summed E-state index contributed by atoms with van der Waals surface area (Å²) in [7, 11) is 5.26. The van der Waals surface area contributed by atoms with Gasteiger partial charge >= 0.3 is 12.2 Å². The summed E-state index contributed by atoms with van der Waals surface area (Å²) in [5.41, 5.74) is 0.937. The molecule has 2 amide bonds. The average Bonchev–Trinajstić information content (AvgIpc) is 3.08. The quantitative estimate of drug-likeness (QED) is 0.382. The van der Waals surface area contributed by atoms with E-state index >= 15 is 0 Å². The first-order valence-corrected chi connectivity index (χ1v) is 12.6. The molecule has 36 heavy (non-hydrogen) atoms. The third-order valence-electron chi connectivity index (χ3n) is 8.48. The van der Waals surface area contributed by atoms with Crippen LogP contribution < -0.4 is 0 Å². The van der Waals surface area contributed by atoms with Gasteiger partial charge in [0.2, 0.25) is 5.84 Å². The van der Waals surface area contributed by atoms with Gasteiger partial charge in [0, 0.05) is 19.1 Å². The molecule has 2 aliphatic carbocycles. The second kappa shape index (κ2) is 10.00. The molecule has 3 fully saturated rings. The number of urea groups is 1. The fourth-order valence-electron chi connectivity index (χ4n) is 5.99. The minimum atomic E-state index is -4.66. The predicted octanol–water partition coefficient (Wildman–Crippen LogP) is 5.47. The number of aliphatic imine (C=N–C) groups is 2. The monoisotopic (exact) mass is 503 g/mol. The molecule has 1 heterocycles. The third-order valence-corrected chi connectivity index (χ3v) is 8.48. The van der Waals surface area contributed by atoms with Crippen molar-refractivity contribution in [2.75, 3.05) is 34.2 Å². The van der Waals surface area contributed by atoms with Crippen LogP contribution in [0.15, 0.2) is 52.6 Å². The Morgan fingerprint density at radius 1 is 1.17 bits per heavy atom. The Kier molecular flexibility index (Phi) is 7.33. The van der Waals surface area contributed by atoms with Crippen LogP contribution in [0.4, 0.5) is 18.0 Å². The molecule has 2 saturated carbocycles. The fourth-order valence-corrected chi connectivity index (χ4v) is 5.99. The third kappa shape index (κ3) is 4.82. The van der Waals surface area contributed by atoms with Crippen molar-refractivity contribution in [1.82, 2.24) is 14.7 Å². The highest BCUT2D eigenvalue weighted by atomic mass is 19.4. The van der Waals surface area contributed by atoms with Crippen molar-refractivity contribution in [2.45, 2.75) is 62.2 Å². The predicted molar refractivity (Wildman–Crippen MR) is 136 cm³/mol. The number of alkyl halides is 3. The molecule has 9 heteroatoms. The highest BCUT2D eigenvalue weighted by Crippen LogP contribution is 2.50. The van der Waals surface area contributed by atoms with E-state index in [1.807, 2.05) is 11.0 Å². The van der Waals surface area contributed by atoms with Gasteiger partial charge in [0.1, 0.15) is 0 Å². The number of amides is 2. The topological polar surface area (TPSA) is 51.5 Å². The van der Waals surface area contributed by atoms with Crippen LogP contribution in [0.3, 0.4) is 0 Å². The normalized spacial score (nSPS) is 28.0. The zero-order chi connectivity index (χ0) is 26.1. The zero-order valence-corrected chi connectivity index (χ0v) is 21.4. The summed E-state index contributed by atoms with van der Waals surface area (Å²) in [6, 6.07) is 10.3. The van der Waals surface area contributed by atoms with Crippen molar-refractivity contribution in [1.29, 1.82) is 0 Å². The molecule has 6 nitrogen and oxygen atoms in total. The number of benzene rings is 1. The van der Waals surface area contributed by atoms with Gasteiger partial charge in [-0.1, -0.05) is 43.3 Å². The van der Waals surface area contributed by atoms with E-state index in [9.17, 15) is 18.0 Å². The standard InChI is InChI=1S/C27H36F3N5O/c1-20(17-32-23(31-2)27(28,29)30)34-19-25(35(24(34)36)18-21-9-8-10-21)13-15-26(16-14-25,33(3)4)22-11-6-5-7-12-22/h5-7,11-12,17,21H,1,8-10,13-16,18-19H2,2-4H3. The van der Waals surface area contributed by atoms with E-state index in [1.165, 1.54) is 16.9 Å². The highest BCUT2D eigenvalue weighted by molar-refractivity contribution is 5.99. The molecule has 0 atom stereocenters. The van der Waals surface area contributed by atoms with Crippen molar-refractivity contribution in [3.63, 3.8) is 0 Å². The number of hydrogen-bond donors (Lipinski definition) is 0. The number of halogens is 3. The van der Waals surface area contributed by atoms with Crippen LogP contribution in [0, 0.1) is 5.92 Å². The Morgan fingerprint density at radius 3 is 2.31 bits per heavy atom. The molecule has 1 aromatic rings. The van der Waals surface area contributed by atoms with Gasteiger partial charge in [-0.25, -0.2) is 9.79 Å². The number of carbonyl (C=O) groups is 1. The summed E-state index contributed by atoms with van der Waals surface area (Å²) in [5, 5.41) is 0. The lowest BCUT2D eigenvalue weighted by Gasteiger charge is -2.51. The molecule has 1 spiro atoms. The van der Waals surface area contributed by atoms with Crippen molar-refractivity contribution >= 4 is 18.1 Å². The Labute approximate surface area is 211 Å². The first-order chi connectivity index (χ1) is 17.0. The van der Waals surface area contributed by atoms with Crippen LogP contribution in [0.2, 0.25) is 0 Å². The van der Waals surface area contributed by atoms with E-state index < -0.39 is 12.0 Å². The molecular weight excluding hydrogens is 467 g/mol. The maximum Gasteiger partial charge on any atom is 0.451 e. The van der Waals surface area contributed by atoms with Crippen LogP contribution in [0.25, 0.3) is 0 Å². The summed E-state index contributed by atoms with van der Waals surface area (Å²) < 4.78 is 39.2. The van der Waals surface area contributed by atoms with Gasteiger partial charge in [0.25, 0.3) is 0 Å². The second-order valence-corrected chi connectivity index (χ2v) is 10.6. The lowest BCUT2D eigenvalue weighted by Crippen LogP contribution is -2.56. The molecule has 1 aromatic carbocycles. The number of allylic oxidation sites excluding steroid dienone is 1. The summed E-state index contributed by atoms with van der Waals surface area (Å²) in [6.45, 7) is 5.00. The van der Waals surface area contributed by atoms with Gasteiger partial charge < -0.3 is 4.90 Å². The van der Waals surface area contributed by atoms with Crippen molar-refractivity contribution in [3.05, 3.63) is 48.2 Å². The zero-order valence-electron chi connectivity index (χ0n) is 21.4. The van der Waals surface area contributed by atoms with Crippen LogP contribution in [-0.2, 0) is 5.54 Å². The minimum absolute atomic E-state index is 0.122. The van der Waals surface area contributed by atoms with Crippen LogP contribution in [-0.4, -0.2) is 78.7 Å². The molecule has 0 aromatic heterocycles. The van der Waals surface area contributed by atoms with E-state index in [0.717, 1.165) is 51.8 Å². The molecule has 0 bridgehead atoms. The maximum absolute atomic E-state index is 13.6. The van der Waals surface area contributed by atoms with Crippen LogP contribution in [0.1, 0.15) is 50.5 Å². The molecule has 3 aliphatic rings. The van der Waals surface area contributed by atoms with Gasteiger partial charge in [0.05, 0.1) is 24.0 Å². The fraction of sp³-hybridized carbons (Fsp3) is 0.593. The first kappa shape index (κ1) is 26.4. The molecule has 4 rings (SSSR count). The molecule has 1 saturated heterocycles. The molecule has 196 valence electrons. The Bertz CT molecular complexity index is 1020. The molecule has 0 radical (unpaired) electrons. The van der Waals surface area contributed by atoms with Gasteiger partial charge in [-0.05, 0) is 64.1 Å². The van der Waals surface area contributed by atoms with Gasteiger partial charge in [0.15, 0.2) is 0 Å². The number of nitrogens with zero attached hydrogens (tertiary/aromatic N) is 5. The highest BCUT2D eigenvalue weighted by Gasteiger charge is 2.55. The van der Waals surface area contributed by atoms with E-state index in [1.54, 1.807) is 0 Å².